The van der Waals surface area contributed by atoms with Crippen molar-refractivity contribution in [3.05, 3.63) is 54.1 Å². The fraction of sp³-hybridized carbons (Fsp3) is 0.200. The molecule has 5 heteroatoms. The minimum atomic E-state index is -4.68. The quantitative estimate of drug-likeness (QED) is 0.926. The van der Waals surface area contributed by atoms with Gasteiger partial charge in [0.15, 0.2) is 0 Å². The normalized spacial score (nSPS) is 11.4. The Labute approximate surface area is 115 Å². The van der Waals surface area contributed by atoms with E-state index < -0.39 is 6.36 Å². The molecule has 0 saturated heterocycles. The first-order valence-electron chi connectivity index (χ1n) is 6.13. The number of hydrogen-bond acceptors (Lipinski definition) is 2. The van der Waals surface area contributed by atoms with Gasteiger partial charge < -0.3 is 10.5 Å². The maximum atomic E-state index is 12.2. The molecule has 2 nitrogen and oxygen atoms in total. The van der Waals surface area contributed by atoms with Crippen LogP contribution >= 0.6 is 0 Å². The van der Waals surface area contributed by atoms with E-state index in [1.165, 1.54) is 18.2 Å². The Balaban J connectivity index is 2.22. The van der Waals surface area contributed by atoms with Crippen molar-refractivity contribution >= 4 is 0 Å². The summed E-state index contributed by atoms with van der Waals surface area (Å²) in [4.78, 5) is 0. The fourth-order valence-corrected chi connectivity index (χ4v) is 1.90. The first-order valence-corrected chi connectivity index (χ1v) is 6.13. The molecule has 0 bridgehead atoms. The number of alkyl halides is 3. The minimum Gasteiger partial charge on any atom is -0.406 e. The van der Waals surface area contributed by atoms with Crippen molar-refractivity contribution < 1.29 is 17.9 Å². The molecule has 0 atom stereocenters. The third kappa shape index (κ3) is 3.99. The second-order valence-corrected chi connectivity index (χ2v) is 4.31. The van der Waals surface area contributed by atoms with Crippen LogP contribution in [-0.2, 0) is 6.42 Å². The molecule has 2 aromatic rings. The molecule has 0 amide bonds. The number of nitrogens with two attached hydrogens (primary N) is 1. The molecule has 0 unspecified atom stereocenters. The van der Waals surface area contributed by atoms with Crippen molar-refractivity contribution in [2.45, 2.75) is 12.8 Å². The van der Waals surface area contributed by atoms with Gasteiger partial charge in [-0.05, 0) is 41.8 Å². The van der Waals surface area contributed by atoms with Crippen LogP contribution in [0.5, 0.6) is 5.75 Å². The Kier molecular flexibility index (Phi) is 4.29. The summed E-state index contributed by atoms with van der Waals surface area (Å²) in [5, 5.41) is 0. The SMILES string of the molecule is NCCc1ccc(-c2cccc(OC(F)(F)F)c2)cc1. The van der Waals surface area contributed by atoms with Gasteiger partial charge in [-0.2, -0.15) is 0 Å². The summed E-state index contributed by atoms with van der Waals surface area (Å²) in [6, 6.07) is 13.5. The molecule has 106 valence electrons. The van der Waals surface area contributed by atoms with Gasteiger partial charge in [0.2, 0.25) is 0 Å². The van der Waals surface area contributed by atoms with Gasteiger partial charge in [-0.1, -0.05) is 36.4 Å². The Hall–Kier alpha value is -2.01. The third-order valence-electron chi connectivity index (χ3n) is 2.79. The molecule has 2 rings (SSSR count). The largest absolute Gasteiger partial charge is 0.573 e. The number of hydrogen-bond donors (Lipinski definition) is 1. The van der Waals surface area contributed by atoms with Gasteiger partial charge in [0, 0.05) is 0 Å². The number of benzene rings is 2. The van der Waals surface area contributed by atoms with Gasteiger partial charge in [-0.3, -0.25) is 0 Å². The van der Waals surface area contributed by atoms with Crippen LogP contribution in [0.2, 0.25) is 0 Å². The molecular weight excluding hydrogens is 267 g/mol. The molecule has 0 spiro atoms. The Bertz CT molecular complexity index is 564. The van der Waals surface area contributed by atoms with Crippen LogP contribution < -0.4 is 10.5 Å². The molecule has 0 fully saturated rings. The topological polar surface area (TPSA) is 35.2 Å². The van der Waals surface area contributed by atoms with Crippen molar-refractivity contribution in [3.8, 4) is 16.9 Å². The van der Waals surface area contributed by atoms with Crippen molar-refractivity contribution in [3.63, 3.8) is 0 Å². The van der Waals surface area contributed by atoms with Crippen LogP contribution in [0.15, 0.2) is 48.5 Å². The molecule has 0 heterocycles. The lowest BCUT2D eigenvalue weighted by molar-refractivity contribution is -0.274. The predicted molar refractivity (Wildman–Crippen MR) is 71.3 cm³/mol. The standard InChI is InChI=1S/C15H14F3NO/c16-15(17,18)20-14-3-1-2-13(10-14)12-6-4-11(5-7-12)8-9-19/h1-7,10H,8-9,19H2. The van der Waals surface area contributed by atoms with Gasteiger partial charge in [0.1, 0.15) is 5.75 Å². The molecule has 2 aromatic carbocycles. The van der Waals surface area contributed by atoms with Crippen molar-refractivity contribution in [2.75, 3.05) is 6.54 Å². The van der Waals surface area contributed by atoms with E-state index >= 15 is 0 Å². The lowest BCUT2D eigenvalue weighted by atomic mass is 10.0. The number of halogens is 3. The summed E-state index contributed by atoms with van der Waals surface area (Å²) in [7, 11) is 0. The van der Waals surface area contributed by atoms with Crippen LogP contribution in [0.3, 0.4) is 0 Å². The van der Waals surface area contributed by atoms with Crippen LogP contribution in [-0.4, -0.2) is 12.9 Å². The Morgan fingerprint density at radius 1 is 0.950 bits per heavy atom. The average Bonchev–Trinajstić information content (AvgIpc) is 2.38. The molecule has 0 aromatic heterocycles. The van der Waals surface area contributed by atoms with E-state index in [-0.39, 0.29) is 5.75 Å². The lowest BCUT2D eigenvalue weighted by Gasteiger charge is -2.10. The van der Waals surface area contributed by atoms with Gasteiger partial charge in [-0.25, -0.2) is 0 Å². The molecule has 0 aliphatic rings. The lowest BCUT2D eigenvalue weighted by Crippen LogP contribution is -2.17. The molecule has 0 aliphatic carbocycles. The fourth-order valence-electron chi connectivity index (χ4n) is 1.90. The second-order valence-electron chi connectivity index (χ2n) is 4.31. The number of rotatable bonds is 4. The Morgan fingerprint density at radius 3 is 2.25 bits per heavy atom. The summed E-state index contributed by atoms with van der Waals surface area (Å²) >= 11 is 0. The van der Waals surface area contributed by atoms with Crippen LogP contribution in [0, 0.1) is 0 Å². The van der Waals surface area contributed by atoms with Crippen LogP contribution in [0.25, 0.3) is 11.1 Å². The molecule has 2 N–H and O–H groups in total. The van der Waals surface area contributed by atoms with Crippen molar-refractivity contribution in [1.82, 2.24) is 0 Å². The van der Waals surface area contributed by atoms with E-state index in [0.717, 1.165) is 17.5 Å². The van der Waals surface area contributed by atoms with Gasteiger partial charge >= 0.3 is 6.36 Å². The molecule has 0 saturated carbocycles. The van der Waals surface area contributed by atoms with Crippen LogP contribution in [0.4, 0.5) is 13.2 Å². The molecule has 0 radical (unpaired) electrons. The average molecular weight is 281 g/mol. The summed E-state index contributed by atoms with van der Waals surface area (Å²) < 4.78 is 40.4. The minimum absolute atomic E-state index is 0.221. The maximum absolute atomic E-state index is 12.2. The summed E-state index contributed by atoms with van der Waals surface area (Å²) in [6.07, 6.45) is -3.90. The smallest absolute Gasteiger partial charge is 0.406 e. The first kappa shape index (κ1) is 14.4. The molecule has 20 heavy (non-hydrogen) atoms. The van der Waals surface area contributed by atoms with E-state index in [9.17, 15) is 13.2 Å². The van der Waals surface area contributed by atoms with Crippen molar-refractivity contribution in [2.24, 2.45) is 5.73 Å². The highest BCUT2D eigenvalue weighted by Gasteiger charge is 2.31. The highest BCUT2D eigenvalue weighted by atomic mass is 19.4. The second kappa shape index (κ2) is 5.96. The zero-order valence-corrected chi connectivity index (χ0v) is 10.7. The van der Waals surface area contributed by atoms with E-state index in [0.29, 0.717) is 12.1 Å². The highest BCUT2D eigenvalue weighted by Crippen LogP contribution is 2.28. The highest BCUT2D eigenvalue weighted by molar-refractivity contribution is 5.65. The summed E-state index contributed by atoms with van der Waals surface area (Å²) in [5.41, 5.74) is 8.07. The predicted octanol–water partition coefficient (Wildman–Crippen LogP) is 3.75. The zero-order valence-electron chi connectivity index (χ0n) is 10.7. The van der Waals surface area contributed by atoms with Crippen molar-refractivity contribution in [1.29, 1.82) is 0 Å². The van der Waals surface area contributed by atoms with Gasteiger partial charge in [-0.15, -0.1) is 13.2 Å². The van der Waals surface area contributed by atoms with Gasteiger partial charge in [0.25, 0.3) is 0 Å². The van der Waals surface area contributed by atoms with Crippen LogP contribution in [0.1, 0.15) is 5.56 Å². The van der Waals surface area contributed by atoms with E-state index in [1.54, 1.807) is 6.07 Å². The van der Waals surface area contributed by atoms with E-state index in [1.807, 2.05) is 24.3 Å². The first-order chi connectivity index (χ1) is 9.48. The van der Waals surface area contributed by atoms with E-state index in [2.05, 4.69) is 4.74 Å². The van der Waals surface area contributed by atoms with E-state index in [4.69, 9.17) is 5.73 Å². The monoisotopic (exact) mass is 281 g/mol. The third-order valence-corrected chi connectivity index (χ3v) is 2.79. The zero-order chi connectivity index (χ0) is 14.6. The summed E-state index contributed by atoms with van der Waals surface area (Å²) in [5.74, 6) is -0.221. The molecule has 0 aliphatic heterocycles. The summed E-state index contributed by atoms with van der Waals surface area (Å²) in [6.45, 7) is 0.564. The Morgan fingerprint density at radius 2 is 1.65 bits per heavy atom. The molecular formula is C15H14F3NO. The van der Waals surface area contributed by atoms with Gasteiger partial charge in [0.05, 0.1) is 0 Å². The maximum Gasteiger partial charge on any atom is 0.573 e. The number of ether oxygens (including phenoxy) is 1.